The second-order valence-electron chi connectivity index (χ2n) is 36.3. The lowest BCUT2D eigenvalue weighted by Gasteiger charge is -2.71. The summed E-state index contributed by atoms with van der Waals surface area (Å²) in [6.07, 6.45) is -42.0. The van der Waals surface area contributed by atoms with Gasteiger partial charge >= 0.3 is 11.9 Å². The van der Waals surface area contributed by atoms with Crippen molar-refractivity contribution in [1.82, 2.24) is 0 Å². The molecule has 114 heavy (non-hydrogen) atoms. The van der Waals surface area contributed by atoms with E-state index in [-0.39, 0.29) is 46.5 Å². The highest BCUT2D eigenvalue weighted by atomic mass is 16.8. The Morgan fingerprint density at radius 3 is 1.69 bits per heavy atom. The highest BCUT2D eigenvalue weighted by molar-refractivity contribution is 5.88. The van der Waals surface area contributed by atoms with Crippen LogP contribution in [0, 0.1) is 50.2 Å². The van der Waals surface area contributed by atoms with E-state index in [0.717, 1.165) is 18.4 Å². The molecular weight excluding hydrogens is 1510 g/mol. The van der Waals surface area contributed by atoms with Gasteiger partial charge in [-0.2, -0.15) is 0 Å². The van der Waals surface area contributed by atoms with E-state index in [1.807, 2.05) is 0 Å². The first-order valence-corrected chi connectivity index (χ1v) is 40.1. The van der Waals surface area contributed by atoms with Crippen molar-refractivity contribution in [2.45, 2.75) is 342 Å². The second kappa shape index (κ2) is 35.0. The molecule has 0 radical (unpaired) electrons. The predicted octanol–water partition coefficient (Wildman–Crippen LogP) is -3.79. The van der Waals surface area contributed by atoms with Gasteiger partial charge in [0.25, 0.3) is 0 Å². The van der Waals surface area contributed by atoms with Crippen LogP contribution >= 0.6 is 0 Å². The van der Waals surface area contributed by atoms with Crippen LogP contribution in [0.5, 0.6) is 0 Å². The van der Waals surface area contributed by atoms with Gasteiger partial charge in [-0.05, 0) is 136 Å². The number of aliphatic hydroxyl groups is 19. The lowest BCUT2D eigenvalue weighted by molar-refractivity contribution is -0.379. The number of esters is 2. The number of hydrogen-bond donors (Lipinski definition) is 19. The van der Waals surface area contributed by atoms with Crippen LogP contribution in [0.2, 0.25) is 0 Å². The zero-order valence-electron chi connectivity index (χ0n) is 66.0. The van der Waals surface area contributed by atoms with Crippen LogP contribution in [-0.2, 0) is 80.6 Å². The number of fused-ring (bicyclic) bond motifs is 7. The molecule has 3 unspecified atom stereocenters. The Balaban J connectivity index is 0.755. The van der Waals surface area contributed by atoms with Crippen molar-refractivity contribution in [3.63, 3.8) is 0 Å². The average molecular weight is 1640 g/mol. The Morgan fingerprint density at radius 1 is 0.535 bits per heavy atom. The first-order valence-electron chi connectivity index (χ1n) is 40.1. The summed E-state index contributed by atoms with van der Waals surface area (Å²) in [4.78, 5) is 29.7. The topological polar surface area (TPSA) is 557 Å². The van der Waals surface area contributed by atoms with E-state index in [1.165, 1.54) is 26.0 Å². The van der Waals surface area contributed by atoms with Crippen molar-refractivity contribution in [2.24, 2.45) is 50.2 Å². The number of ether oxygens (including phenoxy) is 15. The number of carbonyl (C=O) groups excluding carboxylic acids is 2. The minimum atomic E-state index is -2.08. The normalized spacial score (nSPS) is 50.2. The van der Waals surface area contributed by atoms with Gasteiger partial charge in [0.15, 0.2) is 43.8 Å². The maximum atomic E-state index is 16.1. The molecule has 7 aliphatic heterocycles. The summed E-state index contributed by atoms with van der Waals surface area (Å²) in [6.45, 7) is 18.2. The van der Waals surface area contributed by atoms with E-state index < -0.39 is 283 Å². The van der Waals surface area contributed by atoms with Gasteiger partial charge in [0, 0.05) is 0 Å². The average Bonchev–Trinajstić information content (AvgIpc) is 0.673. The van der Waals surface area contributed by atoms with E-state index in [4.69, 9.17) is 71.1 Å². The number of rotatable bonds is 23. The molecule has 12 aliphatic rings. The molecule has 0 aromatic heterocycles. The second-order valence-corrected chi connectivity index (χ2v) is 36.3. The van der Waals surface area contributed by atoms with E-state index in [0.29, 0.717) is 51.4 Å². The standard InChI is InChI=1S/C78H124O36/c1-11-74(7,99)18-12-13-34(26-79)63(97)100-31-41-50(88)52(90)62(113-67-57(95)53(91)59(33(2)106-67)110-66-58(96)60(40(83)30-103-66)111-64-54(92)46(84)37(80)27-101-64)70(108-41)114-71(98)78-23-21-72(3,4)25-36(78)35-14-15-44-75(8)19-17-45(73(5,6)43(75)16-20-77(44,10)76(35,9)22-24-78)109-68-56(94)51(89)49(87)42(107-68)32-105-69-61(48(86)39(82)29-104-69)112-65-55(93)47(85)38(81)28-102-65/h11,13-14,33,36-62,64-70,79-96,99H,1,12,15-32H2,2-10H3/b34-13+/t33-,36-,37+,38+,39-,40+,41-,42-,43-,44+,45-,46-,47-,48-,49+,50+,51-,52-,53+,54?,55-,56-,57+,58-,59-,60-,61-,62?,64-,65-,66-,67-,68-,69-,70-,74?,75-,76+,77+,78-/m0/s1. The van der Waals surface area contributed by atoms with Gasteiger partial charge in [-0.25, -0.2) is 4.79 Å². The Labute approximate surface area is 661 Å². The first-order chi connectivity index (χ1) is 53.5. The van der Waals surface area contributed by atoms with Crippen molar-refractivity contribution in [3.8, 4) is 0 Å². The van der Waals surface area contributed by atoms with Crippen LogP contribution < -0.4 is 0 Å². The van der Waals surface area contributed by atoms with Gasteiger partial charge in [0.1, 0.15) is 141 Å². The first kappa shape index (κ1) is 90.1. The Kier molecular flexibility index (Phi) is 27.7. The molecule has 7 heterocycles. The minimum Gasteiger partial charge on any atom is -0.459 e. The molecule has 19 N–H and O–H groups in total. The van der Waals surface area contributed by atoms with Crippen molar-refractivity contribution in [3.05, 3.63) is 36.0 Å². The van der Waals surface area contributed by atoms with Gasteiger partial charge in [-0.3, -0.25) is 4.79 Å². The molecule has 11 fully saturated rings. The number of hydrogen-bond acceptors (Lipinski definition) is 36. The molecule has 652 valence electrons. The molecule has 7 saturated heterocycles. The SMILES string of the molecule is C=CC(C)(O)CC/C=C(\CO)C(=O)OC[C@@H]1O[C@@H](OC(=O)[C@]23CCC(C)(C)C[C@H]2C2=CC[C@@H]4[C@@]5(C)CC[C@H](O[C@@H]6O[C@@H](CO[C@@H]7OC[C@H](O)[C@H](O)[C@@H]7O[C@@H]7OC[C@@H](O)[C@H](O)[C@@H]7O)[C@@H](O)[C@H](O)[C@@H]6O)C(C)(C)[C@@H]5CC[C@@]4(C)[C@]2(C)CC3)C(O[C@@H]2O[C@@H](C)[C@H](O[C@@H]3OC[C@@H](O)[C@H](O[C@@H]4OC[C@@H](O)[C@H](O)C4O)[C@@H]3O)[C@H](O)[C@H]2O)[C@@H](O)[C@@H]1O. The molecule has 0 aromatic carbocycles. The summed E-state index contributed by atoms with van der Waals surface area (Å²) in [7, 11) is 0. The van der Waals surface area contributed by atoms with Gasteiger partial charge in [0.05, 0.1) is 68.4 Å². The molecule has 36 nitrogen and oxygen atoms in total. The lowest BCUT2D eigenvalue weighted by atomic mass is 9.33. The molecule has 36 heteroatoms. The monoisotopic (exact) mass is 1640 g/mol. The van der Waals surface area contributed by atoms with Gasteiger partial charge in [0.2, 0.25) is 6.29 Å². The summed E-state index contributed by atoms with van der Waals surface area (Å²) < 4.78 is 89.5. The Bertz CT molecular complexity index is 3350. The van der Waals surface area contributed by atoms with Crippen LogP contribution in [-0.4, -0.2) is 357 Å². The van der Waals surface area contributed by atoms with Gasteiger partial charge in [-0.15, -0.1) is 6.58 Å². The molecule has 0 bridgehead atoms. The third kappa shape index (κ3) is 17.1. The molecular formula is C78H124O36. The highest BCUT2D eigenvalue weighted by Crippen LogP contribution is 2.76. The van der Waals surface area contributed by atoms with Crippen LogP contribution in [0.4, 0.5) is 0 Å². The largest absolute Gasteiger partial charge is 0.459 e. The van der Waals surface area contributed by atoms with E-state index in [2.05, 4.69) is 61.1 Å². The quantitative estimate of drug-likeness (QED) is 0.0202. The molecule has 0 aromatic rings. The van der Waals surface area contributed by atoms with E-state index in [1.54, 1.807) is 0 Å². The summed E-state index contributed by atoms with van der Waals surface area (Å²) in [6, 6.07) is 0. The summed E-state index contributed by atoms with van der Waals surface area (Å²) in [5.41, 5.74) is -3.68. The lowest BCUT2D eigenvalue weighted by Crippen LogP contribution is -2.67. The fraction of sp³-hybridized carbons (Fsp3) is 0.897. The predicted molar refractivity (Wildman–Crippen MR) is 384 cm³/mol. The zero-order valence-corrected chi connectivity index (χ0v) is 66.0. The zero-order chi connectivity index (χ0) is 83.2. The minimum absolute atomic E-state index is 0.0255. The Morgan fingerprint density at radius 2 is 1.05 bits per heavy atom. The summed E-state index contributed by atoms with van der Waals surface area (Å²) >= 11 is 0. The van der Waals surface area contributed by atoms with E-state index >= 15 is 4.79 Å². The highest BCUT2D eigenvalue weighted by Gasteiger charge is 2.71. The molecule has 4 saturated carbocycles. The third-order valence-electron chi connectivity index (χ3n) is 28.2. The molecule has 40 atom stereocenters. The maximum absolute atomic E-state index is 16.1. The number of carbonyl (C=O) groups is 2. The maximum Gasteiger partial charge on any atom is 0.336 e. The summed E-state index contributed by atoms with van der Waals surface area (Å²) in [5.74, 6) is -2.06. The van der Waals surface area contributed by atoms with Crippen LogP contribution in [0.15, 0.2) is 36.0 Å². The van der Waals surface area contributed by atoms with Crippen LogP contribution in [0.25, 0.3) is 0 Å². The number of allylic oxidation sites excluding steroid dienone is 3. The van der Waals surface area contributed by atoms with Crippen LogP contribution in [0.3, 0.4) is 0 Å². The van der Waals surface area contributed by atoms with Gasteiger partial charge < -0.3 is 168 Å². The summed E-state index contributed by atoms with van der Waals surface area (Å²) in [5, 5.41) is 209. The number of aliphatic hydroxyl groups excluding tert-OH is 18. The molecule has 5 aliphatic carbocycles. The fourth-order valence-electron chi connectivity index (χ4n) is 20.8. The van der Waals surface area contributed by atoms with Crippen molar-refractivity contribution < 1.29 is 178 Å². The third-order valence-corrected chi connectivity index (χ3v) is 28.2. The van der Waals surface area contributed by atoms with Crippen molar-refractivity contribution in [1.29, 1.82) is 0 Å². The smallest absolute Gasteiger partial charge is 0.336 e. The Hall–Kier alpha value is -3.12. The van der Waals surface area contributed by atoms with Gasteiger partial charge in [-0.1, -0.05) is 72.3 Å². The molecule has 12 rings (SSSR count). The molecule has 0 spiro atoms. The van der Waals surface area contributed by atoms with Crippen molar-refractivity contribution in [2.75, 3.05) is 46.2 Å². The van der Waals surface area contributed by atoms with Crippen LogP contribution in [0.1, 0.15) is 139 Å². The fourth-order valence-corrected chi connectivity index (χ4v) is 20.8. The van der Waals surface area contributed by atoms with Crippen molar-refractivity contribution >= 4 is 11.9 Å². The van der Waals surface area contributed by atoms with E-state index in [9.17, 15) is 102 Å². The molecule has 0 amide bonds.